The van der Waals surface area contributed by atoms with Crippen LogP contribution in [0.15, 0.2) is 0 Å². The lowest BCUT2D eigenvalue weighted by molar-refractivity contribution is 0.346. The molecule has 0 rings (SSSR count). The minimum absolute atomic E-state index is 0.884. The summed E-state index contributed by atoms with van der Waals surface area (Å²) in [7, 11) is 0. The van der Waals surface area contributed by atoms with Gasteiger partial charge in [0.05, 0.1) is 0 Å². The van der Waals surface area contributed by atoms with E-state index in [2.05, 4.69) is 76.2 Å². The molecule has 0 saturated carbocycles. The summed E-state index contributed by atoms with van der Waals surface area (Å²) in [6, 6.07) is 0. The molecule has 0 amide bonds. The van der Waals surface area contributed by atoms with Crippen LogP contribution in [-0.2, 0) is 0 Å². The average Bonchev–Trinajstić information content (AvgIpc) is 2.55. The zero-order valence-electron chi connectivity index (χ0n) is 19.8. The molecular weight excluding hydrogens is 288 g/mol. The van der Waals surface area contributed by atoms with E-state index < -0.39 is 0 Å². The maximum absolute atomic E-state index is 2.32. The maximum atomic E-state index is 2.32. The van der Waals surface area contributed by atoms with Gasteiger partial charge >= 0.3 is 0 Å². The van der Waals surface area contributed by atoms with Crippen LogP contribution in [0.5, 0.6) is 0 Å². The molecule has 152 valence electrons. The predicted molar refractivity (Wildman–Crippen MR) is 119 cm³/mol. The highest BCUT2D eigenvalue weighted by Gasteiger charge is 2.08. The number of rotatable bonds is 9. The molecule has 0 heteroatoms. The van der Waals surface area contributed by atoms with Gasteiger partial charge in [-0.25, -0.2) is 0 Å². The monoisotopic (exact) mass is 344 g/mol. The standard InChI is InChI=1S/2C9H20.2C3H8/c1-5-7-9(6-2)8(3)4;1-4-7-8-9(5-2)6-3;2*1-3-2/h8-9H,5-7H2,1-4H3;9H,4-8H2,1-3H3;2*3H2,1-2H3. The second-order valence-electron chi connectivity index (χ2n) is 7.44. The Hall–Kier alpha value is 0. The molecule has 0 saturated heterocycles. The quantitative estimate of drug-likeness (QED) is 0.390. The molecule has 0 fully saturated rings. The van der Waals surface area contributed by atoms with Gasteiger partial charge in [0.15, 0.2) is 0 Å². The van der Waals surface area contributed by atoms with E-state index in [1.165, 1.54) is 64.2 Å². The van der Waals surface area contributed by atoms with Gasteiger partial charge in [0.25, 0.3) is 0 Å². The van der Waals surface area contributed by atoms with Gasteiger partial charge in [-0.15, -0.1) is 0 Å². The first-order chi connectivity index (χ1) is 11.4. The van der Waals surface area contributed by atoms with E-state index in [1.807, 2.05) is 0 Å². The summed E-state index contributed by atoms with van der Waals surface area (Å²) in [5.74, 6) is 2.86. The van der Waals surface area contributed by atoms with Gasteiger partial charge in [-0.2, -0.15) is 0 Å². The zero-order chi connectivity index (χ0) is 19.8. The summed E-state index contributed by atoms with van der Waals surface area (Å²) in [6.45, 7) is 24.6. The number of hydrogen-bond acceptors (Lipinski definition) is 0. The molecule has 0 spiro atoms. The first-order valence-corrected chi connectivity index (χ1v) is 11.4. The van der Waals surface area contributed by atoms with Crippen molar-refractivity contribution in [3.63, 3.8) is 0 Å². The minimum atomic E-state index is 0.884. The normalized spacial score (nSPS) is 10.9. The summed E-state index contributed by atoms with van der Waals surface area (Å²) < 4.78 is 0. The third-order valence-corrected chi connectivity index (χ3v) is 4.25. The first kappa shape index (κ1) is 31.7. The van der Waals surface area contributed by atoms with Crippen molar-refractivity contribution in [2.75, 3.05) is 0 Å². The molecule has 24 heavy (non-hydrogen) atoms. The molecule has 0 N–H and O–H groups in total. The van der Waals surface area contributed by atoms with Gasteiger partial charge in [0, 0.05) is 0 Å². The Bertz CT molecular complexity index is 153. The van der Waals surface area contributed by atoms with Gasteiger partial charge < -0.3 is 0 Å². The maximum Gasteiger partial charge on any atom is -0.0394 e. The number of unbranched alkanes of at least 4 members (excludes halogenated alkanes) is 1. The van der Waals surface area contributed by atoms with Crippen LogP contribution in [0.4, 0.5) is 0 Å². The van der Waals surface area contributed by atoms with Gasteiger partial charge in [-0.3, -0.25) is 0 Å². The highest BCUT2D eigenvalue weighted by molar-refractivity contribution is 4.59. The van der Waals surface area contributed by atoms with Crippen molar-refractivity contribution in [1.82, 2.24) is 0 Å². The van der Waals surface area contributed by atoms with E-state index in [9.17, 15) is 0 Å². The van der Waals surface area contributed by atoms with Crippen LogP contribution in [0.2, 0.25) is 0 Å². The fourth-order valence-corrected chi connectivity index (χ4v) is 2.57. The van der Waals surface area contributed by atoms with Crippen LogP contribution < -0.4 is 0 Å². The van der Waals surface area contributed by atoms with Crippen molar-refractivity contribution in [3.05, 3.63) is 0 Å². The van der Waals surface area contributed by atoms with E-state index in [0.29, 0.717) is 0 Å². The first-order valence-electron chi connectivity index (χ1n) is 11.4. The molecular formula is C24H56. The highest BCUT2D eigenvalue weighted by Crippen LogP contribution is 2.19. The Morgan fingerprint density at radius 2 is 0.958 bits per heavy atom. The van der Waals surface area contributed by atoms with Crippen LogP contribution in [0.1, 0.15) is 140 Å². The van der Waals surface area contributed by atoms with Crippen LogP contribution in [0, 0.1) is 17.8 Å². The van der Waals surface area contributed by atoms with Gasteiger partial charge in [-0.1, -0.05) is 140 Å². The molecule has 0 radical (unpaired) electrons. The molecule has 0 nitrogen and oxygen atoms in total. The molecule has 1 unspecified atom stereocenters. The lowest BCUT2D eigenvalue weighted by atomic mass is 9.89. The second-order valence-corrected chi connectivity index (χ2v) is 7.44. The molecule has 0 aromatic carbocycles. The summed E-state index contributed by atoms with van der Waals surface area (Å²) in [5, 5.41) is 0. The lowest BCUT2D eigenvalue weighted by Gasteiger charge is -2.17. The van der Waals surface area contributed by atoms with E-state index in [1.54, 1.807) is 0 Å². The second kappa shape index (κ2) is 30.8. The highest BCUT2D eigenvalue weighted by atomic mass is 14.1. The Kier molecular flexibility index (Phi) is 40.8. The smallest absolute Gasteiger partial charge is 0.0394 e. The number of hydrogen-bond donors (Lipinski definition) is 0. The molecule has 0 aliphatic heterocycles. The van der Waals surface area contributed by atoms with Crippen molar-refractivity contribution >= 4 is 0 Å². The van der Waals surface area contributed by atoms with Gasteiger partial charge in [0.1, 0.15) is 0 Å². The minimum Gasteiger partial charge on any atom is -0.0656 e. The Balaban J connectivity index is -0.000000126. The van der Waals surface area contributed by atoms with Crippen molar-refractivity contribution in [3.8, 4) is 0 Å². The zero-order valence-corrected chi connectivity index (χ0v) is 19.8. The summed E-state index contributed by atoms with van der Waals surface area (Å²) in [4.78, 5) is 0. The Morgan fingerprint density at radius 1 is 0.542 bits per heavy atom. The van der Waals surface area contributed by atoms with E-state index in [-0.39, 0.29) is 0 Å². The van der Waals surface area contributed by atoms with Crippen LogP contribution >= 0.6 is 0 Å². The van der Waals surface area contributed by atoms with Gasteiger partial charge in [0.2, 0.25) is 0 Å². The summed E-state index contributed by atoms with van der Waals surface area (Å²) in [6.07, 6.45) is 13.6. The van der Waals surface area contributed by atoms with E-state index >= 15 is 0 Å². The lowest BCUT2D eigenvalue weighted by Crippen LogP contribution is -2.06. The van der Waals surface area contributed by atoms with Crippen LogP contribution in [0.25, 0.3) is 0 Å². The van der Waals surface area contributed by atoms with Crippen molar-refractivity contribution in [2.45, 2.75) is 140 Å². The Labute approximate surface area is 158 Å². The van der Waals surface area contributed by atoms with Crippen molar-refractivity contribution in [2.24, 2.45) is 17.8 Å². The molecule has 0 aromatic heterocycles. The summed E-state index contributed by atoms with van der Waals surface area (Å²) in [5.41, 5.74) is 0. The molecule has 1 atom stereocenters. The third kappa shape index (κ3) is 33.6. The van der Waals surface area contributed by atoms with Crippen LogP contribution in [-0.4, -0.2) is 0 Å². The predicted octanol–water partition coefficient (Wildman–Crippen LogP) is 9.91. The Morgan fingerprint density at radius 3 is 1.12 bits per heavy atom. The van der Waals surface area contributed by atoms with Crippen molar-refractivity contribution < 1.29 is 0 Å². The van der Waals surface area contributed by atoms with Crippen LogP contribution in [0.3, 0.4) is 0 Å². The molecule has 0 aromatic rings. The van der Waals surface area contributed by atoms with E-state index in [0.717, 1.165) is 17.8 Å². The fraction of sp³-hybridized carbons (Fsp3) is 1.00. The SMILES string of the molecule is CCC.CCC.CCCC(CC)C(C)C.CCCCC(CC)CC. The van der Waals surface area contributed by atoms with Crippen molar-refractivity contribution in [1.29, 1.82) is 0 Å². The third-order valence-electron chi connectivity index (χ3n) is 4.25. The van der Waals surface area contributed by atoms with Gasteiger partial charge in [-0.05, 0) is 17.8 Å². The molecule has 0 bridgehead atoms. The van der Waals surface area contributed by atoms with E-state index in [4.69, 9.17) is 0 Å². The summed E-state index contributed by atoms with van der Waals surface area (Å²) >= 11 is 0. The fourth-order valence-electron chi connectivity index (χ4n) is 2.57. The molecule has 0 heterocycles. The largest absolute Gasteiger partial charge is 0.0656 e. The topological polar surface area (TPSA) is 0 Å². The molecule has 0 aliphatic carbocycles. The average molecular weight is 345 g/mol. The molecule has 0 aliphatic rings.